The molecule has 3 aromatic rings. The molecule has 2 heterocycles. The Morgan fingerprint density at radius 2 is 2.00 bits per heavy atom. The number of aromatic nitrogens is 3. The van der Waals surface area contributed by atoms with Crippen LogP contribution in [0.1, 0.15) is 11.4 Å². The number of H-pyrrole nitrogens is 1. The molecule has 3 N–H and O–H groups in total. The van der Waals surface area contributed by atoms with Crippen molar-refractivity contribution in [3.8, 4) is 0 Å². The highest BCUT2D eigenvalue weighted by Gasteiger charge is 2.07. The molecule has 0 radical (unpaired) electrons. The van der Waals surface area contributed by atoms with Gasteiger partial charge < -0.3 is 10.7 Å². The number of aromatic amines is 1. The second-order valence-corrected chi connectivity index (χ2v) is 5.02. The molecule has 0 atom stereocenters. The Balaban J connectivity index is 2.01. The molecule has 18 heavy (non-hydrogen) atoms. The monoisotopic (exact) mass is 302 g/mol. The van der Waals surface area contributed by atoms with Crippen LogP contribution in [-0.2, 0) is 6.42 Å². The number of imidazole rings is 1. The van der Waals surface area contributed by atoms with E-state index in [1.54, 1.807) is 12.4 Å². The van der Waals surface area contributed by atoms with Crippen LogP contribution < -0.4 is 5.73 Å². The van der Waals surface area contributed by atoms with Crippen molar-refractivity contribution in [2.24, 2.45) is 0 Å². The summed E-state index contributed by atoms with van der Waals surface area (Å²) in [4.78, 5) is 11.8. The minimum absolute atomic E-state index is 0.677. The minimum Gasteiger partial charge on any atom is -0.397 e. The van der Waals surface area contributed by atoms with E-state index in [-0.39, 0.29) is 0 Å². The average molecular weight is 303 g/mol. The molecular weight excluding hydrogens is 292 g/mol. The van der Waals surface area contributed by atoms with Crippen LogP contribution >= 0.6 is 15.9 Å². The molecule has 1 aromatic carbocycles. The molecule has 0 fully saturated rings. The van der Waals surface area contributed by atoms with Gasteiger partial charge in [-0.05, 0) is 29.8 Å². The van der Waals surface area contributed by atoms with Crippen LogP contribution in [0, 0.1) is 0 Å². The van der Waals surface area contributed by atoms with Crippen molar-refractivity contribution in [1.82, 2.24) is 15.0 Å². The molecule has 0 aliphatic carbocycles. The summed E-state index contributed by atoms with van der Waals surface area (Å²) in [5.41, 5.74) is 9.56. The molecule has 0 saturated heterocycles. The lowest BCUT2D eigenvalue weighted by atomic mass is 10.2. The van der Waals surface area contributed by atoms with Crippen LogP contribution in [0.4, 0.5) is 5.69 Å². The highest BCUT2D eigenvalue weighted by Crippen LogP contribution is 2.24. The summed E-state index contributed by atoms with van der Waals surface area (Å²) in [6.07, 6.45) is 4.31. The third-order valence-electron chi connectivity index (χ3n) is 2.75. The molecule has 4 nitrogen and oxygen atoms in total. The van der Waals surface area contributed by atoms with Crippen LogP contribution in [0.3, 0.4) is 0 Å². The predicted molar refractivity (Wildman–Crippen MR) is 75.2 cm³/mol. The van der Waals surface area contributed by atoms with Crippen LogP contribution in [-0.4, -0.2) is 15.0 Å². The zero-order valence-corrected chi connectivity index (χ0v) is 11.1. The van der Waals surface area contributed by atoms with Gasteiger partial charge in [-0.25, -0.2) is 4.98 Å². The summed E-state index contributed by atoms with van der Waals surface area (Å²) in [6, 6.07) is 7.80. The number of nitrogens with two attached hydrogens (primary N) is 1. The van der Waals surface area contributed by atoms with Crippen molar-refractivity contribution in [2.45, 2.75) is 6.42 Å². The van der Waals surface area contributed by atoms with E-state index in [0.29, 0.717) is 5.69 Å². The molecular formula is C13H11BrN4. The molecule has 0 bridgehead atoms. The smallest absolute Gasteiger partial charge is 0.112 e. The van der Waals surface area contributed by atoms with Crippen LogP contribution in [0.25, 0.3) is 11.0 Å². The summed E-state index contributed by atoms with van der Waals surface area (Å²) in [7, 11) is 0. The van der Waals surface area contributed by atoms with E-state index in [0.717, 1.165) is 27.8 Å². The van der Waals surface area contributed by atoms with Gasteiger partial charge in [0, 0.05) is 23.3 Å². The van der Waals surface area contributed by atoms with E-state index < -0.39 is 0 Å². The predicted octanol–water partition coefficient (Wildman–Crippen LogP) is 2.89. The van der Waals surface area contributed by atoms with E-state index in [2.05, 4.69) is 30.9 Å². The van der Waals surface area contributed by atoms with Gasteiger partial charge in [0.25, 0.3) is 0 Å². The summed E-state index contributed by atoms with van der Waals surface area (Å²) in [5, 5.41) is 0. The van der Waals surface area contributed by atoms with Gasteiger partial charge in [0.15, 0.2) is 0 Å². The Labute approximate surface area is 112 Å². The number of hydrogen-bond donors (Lipinski definition) is 2. The van der Waals surface area contributed by atoms with Crippen molar-refractivity contribution in [1.29, 1.82) is 0 Å². The largest absolute Gasteiger partial charge is 0.397 e. The van der Waals surface area contributed by atoms with E-state index in [4.69, 9.17) is 5.73 Å². The van der Waals surface area contributed by atoms with Crippen molar-refractivity contribution >= 4 is 32.7 Å². The third kappa shape index (κ3) is 2.09. The van der Waals surface area contributed by atoms with Gasteiger partial charge in [-0.15, -0.1) is 0 Å². The quantitative estimate of drug-likeness (QED) is 0.715. The zero-order chi connectivity index (χ0) is 12.5. The first-order valence-corrected chi connectivity index (χ1v) is 6.34. The van der Waals surface area contributed by atoms with Crippen LogP contribution in [0.2, 0.25) is 0 Å². The summed E-state index contributed by atoms with van der Waals surface area (Å²) in [5.74, 6) is 0.904. The Hall–Kier alpha value is -1.88. The number of nitrogens with zero attached hydrogens (tertiary/aromatic N) is 2. The normalized spacial score (nSPS) is 10.9. The fourth-order valence-electron chi connectivity index (χ4n) is 1.94. The average Bonchev–Trinajstić information content (AvgIpc) is 2.73. The SMILES string of the molecule is Nc1cc(Br)cc2[nH]c(Cc3ccncc3)nc12. The second-order valence-electron chi connectivity index (χ2n) is 4.11. The van der Waals surface area contributed by atoms with Crippen LogP contribution in [0.15, 0.2) is 41.1 Å². The van der Waals surface area contributed by atoms with E-state index in [9.17, 15) is 0 Å². The van der Waals surface area contributed by atoms with E-state index in [1.165, 1.54) is 5.56 Å². The maximum atomic E-state index is 5.94. The number of nitrogens with one attached hydrogen (secondary N) is 1. The number of hydrogen-bond acceptors (Lipinski definition) is 3. The fraction of sp³-hybridized carbons (Fsp3) is 0.0769. The second kappa shape index (κ2) is 4.42. The number of halogens is 1. The maximum Gasteiger partial charge on any atom is 0.112 e. The molecule has 5 heteroatoms. The number of anilines is 1. The van der Waals surface area contributed by atoms with Gasteiger partial charge in [-0.1, -0.05) is 15.9 Å². The van der Waals surface area contributed by atoms with Crippen molar-refractivity contribution in [2.75, 3.05) is 5.73 Å². The molecule has 0 unspecified atom stereocenters. The van der Waals surface area contributed by atoms with Crippen molar-refractivity contribution in [3.05, 3.63) is 52.5 Å². The Kier molecular flexibility index (Phi) is 2.76. The first-order valence-electron chi connectivity index (χ1n) is 5.55. The van der Waals surface area contributed by atoms with Crippen LogP contribution in [0.5, 0.6) is 0 Å². The summed E-state index contributed by atoms with van der Waals surface area (Å²) < 4.78 is 0.951. The standard InChI is InChI=1S/C13H11BrN4/c14-9-6-10(15)13-11(7-9)17-12(18-13)5-8-1-3-16-4-2-8/h1-4,6-7H,5,15H2,(H,17,18). The summed E-state index contributed by atoms with van der Waals surface area (Å²) >= 11 is 3.42. The Morgan fingerprint density at radius 1 is 1.22 bits per heavy atom. The highest BCUT2D eigenvalue weighted by atomic mass is 79.9. The number of nitrogen functional groups attached to an aromatic ring is 1. The van der Waals surface area contributed by atoms with Crippen molar-refractivity contribution in [3.63, 3.8) is 0 Å². The zero-order valence-electron chi connectivity index (χ0n) is 9.52. The molecule has 0 spiro atoms. The number of rotatable bonds is 2. The number of pyridine rings is 1. The lowest BCUT2D eigenvalue weighted by Gasteiger charge is -1.95. The molecule has 90 valence electrons. The Morgan fingerprint density at radius 3 is 2.78 bits per heavy atom. The molecule has 0 amide bonds. The fourth-order valence-corrected chi connectivity index (χ4v) is 2.41. The van der Waals surface area contributed by atoms with Gasteiger partial charge in [-0.3, -0.25) is 4.98 Å². The van der Waals surface area contributed by atoms with Gasteiger partial charge in [0.2, 0.25) is 0 Å². The minimum atomic E-state index is 0.677. The topological polar surface area (TPSA) is 67.6 Å². The van der Waals surface area contributed by atoms with Crippen molar-refractivity contribution < 1.29 is 0 Å². The lowest BCUT2D eigenvalue weighted by molar-refractivity contribution is 1.03. The third-order valence-corrected chi connectivity index (χ3v) is 3.21. The van der Waals surface area contributed by atoms with Gasteiger partial charge in [0.05, 0.1) is 11.2 Å². The molecule has 3 rings (SSSR count). The molecule has 0 saturated carbocycles. The number of benzene rings is 1. The molecule has 0 aliphatic rings. The van der Waals surface area contributed by atoms with Gasteiger partial charge in [-0.2, -0.15) is 0 Å². The van der Waals surface area contributed by atoms with Gasteiger partial charge >= 0.3 is 0 Å². The van der Waals surface area contributed by atoms with Gasteiger partial charge in [0.1, 0.15) is 11.3 Å². The summed E-state index contributed by atoms with van der Waals surface area (Å²) in [6.45, 7) is 0. The lowest BCUT2D eigenvalue weighted by Crippen LogP contribution is -1.90. The molecule has 2 aromatic heterocycles. The van der Waals surface area contributed by atoms with E-state index >= 15 is 0 Å². The van der Waals surface area contributed by atoms with E-state index in [1.807, 2.05) is 24.3 Å². The maximum absolute atomic E-state index is 5.94. The molecule has 0 aliphatic heterocycles. The highest BCUT2D eigenvalue weighted by molar-refractivity contribution is 9.10. The first kappa shape index (κ1) is 11.2. The Bertz CT molecular complexity index is 691. The first-order chi connectivity index (χ1) is 8.72. The number of fused-ring (bicyclic) bond motifs is 1.